The SMILES string of the molecule is CC(=O)/C=C/c1cc(O)c(O)c([N+](=O)[O-])c1. The number of nitro groups is 1. The Hall–Kier alpha value is -2.37. The molecule has 0 amide bonds. The van der Waals surface area contributed by atoms with E-state index in [4.69, 9.17) is 0 Å². The average Bonchev–Trinajstić information content (AvgIpc) is 2.19. The van der Waals surface area contributed by atoms with E-state index >= 15 is 0 Å². The number of phenols is 2. The molecule has 0 heterocycles. The van der Waals surface area contributed by atoms with Crippen LogP contribution in [0.3, 0.4) is 0 Å². The first-order valence-electron chi connectivity index (χ1n) is 4.31. The molecule has 1 rings (SSSR count). The zero-order valence-corrected chi connectivity index (χ0v) is 8.38. The third kappa shape index (κ3) is 2.57. The second kappa shape index (κ2) is 4.43. The second-order valence-corrected chi connectivity index (χ2v) is 3.11. The van der Waals surface area contributed by atoms with Gasteiger partial charge in [0.1, 0.15) is 0 Å². The minimum absolute atomic E-state index is 0.227. The molecule has 0 bridgehead atoms. The van der Waals surface area contributed by atoms with Gasteiger partial charge in [0.25, 0.3) is 0 Å². The first-order valence-corrected chi connectivity index (χ1v) is 4.31. The van der Waals surface area contributed by atoms with E-state index < -0.39 is 22.1 Å². The van der Waals surface area contributed by atoms with E-state index in [0.717, 1.165) is 12.1 Å². The van der Waals surface area contributed by atoms with Gasteiger partial charge in [-0.1, -0.05) is 6.08 Å². The Morgan fingerprint density at radius 1 is 1.44 bits per heavy atom. The monoisotopic (exact) mass is 223 g/mol. The Balaban J connectivity index is 3.24. The normalized spacial score (nSPS) is 10.6. The molecule has 6 heteroatoms. The summed E-state index contributed by atoms with van der Waals surface area (Å²) in [6.07, 6.45) is 2.52. The van der Waals surface area contributed by atoms with Crippen LogP contribution in [0.1, 0.15) is 12.5 Å². The standard InChI is InChI=1S/C10H9NO5/c1-6(12)2-3-7-4-8(11(15)16)10(14)9(13)5-7/h2-5,13-14H,1H3/b3-2+. The number of hydrogen-bond donors (Lipinski definition) is 2. The van der Waals surface area contributed by atoms with Crippen LogP contribution < -0.4 is 0 Å². The molecule has 0 aliphatic heterocycles. The maximum absolute atomic E-state index is 10.7. The largest absolute Gasteiger partial charge is 0.504 e. The summed E-state index contributed by atoms with van der Waals surface area (Å²) in [7, 11) is 0. The first-order chi connectivity index (χ1) is 7.41. The van der Waals surface area contributed by atoms with Crippen LogP contribution in [0.4, 0.5) is 5.69 Å². The van der Waals surface area contributed by atoms with Crippen molar-refractivity contribution in [2.24, 2.45) is 0 Å². The topological polar surface area (TPSA) is 101 Å². The van der Waals surface area contributed by atoms with Gasteiger partial charge in [-0.3, -0.25) is 14.9 Å². The summed E-state index contributed by atoms with van der Waals surface area (Å²) in [5, 5.41) is 28.9. The summed E-state index contributed by atoms with van der Waals surface area (Å²) in [6.45, 7) is 1.32. The number of nitrogens with zero attached hydrogens (tertiary/aromatic N) is 1. The average molecular weight is 223 g/mol. The van der Waals surface area contributed by atoms with Crippen molar-refractivity contribution in [1.82, 2.24) is 0 Å². The number of carbonyl (C=O) groups excluding carboxylic acids is 1. The quantitative estimate of drug-likeness (QED) is 0.351. The molecule has 0 spiro atoms. The summed E-state index contributed by atoms with van der Waals surface area (Å²) in [5.74, 6) is -1.61. The lowest BCUT2D eigenvalue weighted by atomic mass is 10.1. The fraction of sp³-hybridized carbons (Fsp3) is 0.100. The van der Waals surface area contributed by atoms with Crippen LogP contribution in [0.25, 0.3) is 6.08 Å². The summed E-state index contributed by atoms with van der Waals surface area (Å²) >= 11 is 0. The lowest BCUT2D eigenvalue weighted by Gasteiger charge is -2.00. The summed E-state index contributed by atoms with van der Waals surface area (Å²) < 4.78 is 0. The van der Waals surface area contributed by atoms with Crippen LogP contribution in [0, 0.1) is 10.1 Å². The highest BCUT2D eigenvalue weighted by Crippen LogP contribution is 2.36. The fourth-order valence-corrected chi connectivity index (χ4v) is 1.07. The van der Waals surface area contributed by atoms with Crippen molar-refractivity contribution in [3.63, 3.8) is 0 Å². The number of rotatable bonds is 3. The van der Waals surface area contributed by atoms with E-state index in [0.29, 0.717) is 0 Å². The maximum atomic E-state index is 10.7. The fourth-order valence-electron chi connectivity index (χ4n) is 1.07. The van der Waals surface area contributed by atoms with Gasteiger partial charge < -0.3 is 10.2 Å². The molecule has 0 aliphatic rings. The molecule has 0 atom stereocenters. The van der Waals surface area contributed by atoms with E-state index in [-0.39, 0.29) is 11.3 Å². The highest BCUT2D eigenvalue weighted by molar-refractivity contribution is 5.91. The van der Waals surface area contributed by atoms with Crippen molar-refractivity contribution >= 4 is 17.5 Å². The molecule has 1 aromatic rings. The summed E-state index contributed by atoms with van der Waals surface area (Å²) in [5.41, 5.74) is -0.347. The molecule has 0 aliphatic carbocycles. The molecular weight excluding hydrogens is 214 g/mol. The minimum atomic E-state index is -0.819. The molecule has 6 nitrogen and oxygen atoms in total. The van der Waals surface area contributed by atoms with E-state index in [1.807, 2.05) is 0 Å². The number of carbonyl (C=O) groups is 1. The number of ketones is 1. The zero-order chi connectivity index (χ0) is 12.3. The van der Waals surface area contributed by atoms with E-state index in [9.17, 15) is 25.1 Å². The van der Waals surface area contributed by atoms with Crippen LogP contribution in [0.2, 0.25) is 0 Å². The highest BCUT2D eigenvalue weighted by Gasteiger charge is 2.17. The molecule has 0 unspecified atom stereocenters. The van der Waals surface area contributed by atoms with E-state index in [1.54, 1.807) is 0 Å². The number of allylic oxidation sites excluding steroid dienone is 1. The lowest BCUT2D eigenvalue weighted by Crippen LogP contribution is -1.90. The zero-order valence-electron chi connectivity index (χ0n) is 8.38. The van der Waals surface area contributed by atoms with Gasteiger partial charge in [0.2, 0.25) is 5.75 Å². The predicted molar refractivity (Wildman–Crippen MR) is 56.1 cm³/mol. The van der Waals surface area contributed by atoms with Crippen molar-refractivity contribution < 1.29 is 19.9 Å². The van der Waals surface area contributed by atoms with Crippen molar-refractivity contribution in [1.29, 1.82) is 0 Å². The molecule has 2 N–H and O–H groups in total. The molecule has 0 radical (unpaired) electrons. The van der Waals surface area contributed by atoms with E-state index in [2.05, 4.69) is 0 Å². The Labute approximate surface area is 90.6 Å². The van der Waals surface area contributed by atoms with Gasteiger partial charge in [0.15, 0.2) is 11.5 Å². The molecule has 0 aromatic heterocycles. The molecule has 1 aromatic carbocycles. The van der Waals surface area contributed by atoms with Crippen molar-refractivity contribution in [2.45, 2.75) is 6.92 Å². The Morgan fingerprint density at radius 2 is 2.06 bits per heavy atom. The minimum Gasteiger partial charge on any atom is -0.504 e. The van der Waals surface area contributed by atoms with Gasteiger partial charge in [0, 0.05) is 6.07 Å². The molecule has 0 saturated heterocycles. The van der Waals surface area contributed by atoms with Gasteiger partial charge in [-0.25, -0.2) is 0 Å². The Morgan fingerprint density at radius 3 is 2.56 bits per heavy atom. The van der Waals surface area contributed by atoms with Crippen molar-refractivity contribution in [2.75, 3.05) is 0 Å². The van der Waals surface area contributed by atoms with Crippen LogP contribution in [0.5, 0.6) is 11.5 Å². The maximum Gasteiger partial charge on any atom is 0.315 e. The van der Waals surface area contributed by atoms with Gasteiger partial charge >= 0.3 is 5.69 Å². The highest BCUT2D eigenvalue weighted by atomic mass is 16.6. The van der Waals surface area contributed by atoms with Crippen molar-refractivity contribution in [3.05, 3.63) is 33.9 Å². The molecule has 84 valence electrons. The van der Waals surface area contributed by atoms with Gasteiger partial charge in [-0.2, -0.15) is 0 Å². The number of nitro benzene ring substituents is 1. The number of benzene rings is 1. The number of hydrogen-bond acceptors (Lipinski definition) is 5. The summed E-state index contributed by atoms with van der Waals surface area (Å²) in [4.78, 5) is 20.3. The third-order valence-electron chi connectivity index (χ3n) is 1.80. The van der Waals surface area contributed by atoms with Gasteiger partial charge in [-0.05, 0) is 24.6 Å². The number of aromatic hydroxyl groups is 2. The first kappa shape index (κ1) is 11.7. The second-order valence-electron chi connectivity index (χ2n) is 3.11. The summed E-state index contributed by atoms with van der Waals surface area (Å²) in [6, 6.07) is 2.19. The van der Waals surface area contributed by atoms with Crippen molar-refractivity contribution in [3.8, 4) is 11.5 Å². The van der Waals surface area contributed by atoms with Gasteiger partial charge in [-0.15, -0.1) is 0 Å². The smallest absolute Gasteiger partial charge is 0.315 e. The third-order valence-corrected chi connectivity index (χ3v) is 1.80. The Bertz CT molecular complexity index is 478. The van der Waals surface area contributed by atoms with Crippen LogP contribution >= 0.6 is 0 Å². The molecular formula is C10H9NO5. The predicted octanol–water partition coefficient (Wildman–Crippen LogP) is 1.61. The van der Waals surface area contributed by atoms with E-state index in [1.165, 1.54) is 19.1 Å². The molecule has 16 heavy (non-hydrogen) atoms. The molecule has 0 saturated carbocycles. The van der Waals surface area contributed by atoms with Gasteiger partial charge in [0.05, 0.1) is 4.92 Å². The Kier molecular flexibility index (Phi) is 3.24. The molecule has 0 fully saturated rings. The lowest BCUT2D eigenvalue weighted by molar-refractivity contribution is -0.386. The van der Waals surface area contributed by atoms with Crippen LogP contribution in [-0.4, -0.2) is 20.9 Å². The van der Waals surface area contributed by atoms with Crippen LogP contribution in [-0.2, 0) is 4.79 Å². The number of phenolic OH excluding ortho intramolecular Hbond substituents is 2. The van der Waals surface area contributed by atoms with Crippen LogP contribution in [0.15, 0.2) is 18.2 Å².